The van der Waals surface area contributed by atoms with Gasteiger partial charge in [0.15, 0.2) is 0 Å². The Morgan fingerprint density at radius 1 is 0.821 bits per heavy atom. The van der Waals surface area contributed by atoms with E-state index in [2.05, 4.69) is 11.4 Å². The van der Waals surface area contributed by atoms with E-state index < -0.39 is 13.4 Å². The van der Waals surface area contributed by atoms with Gasteiger partial charge in [-0.3, -0.25) is 4.52 Å². The van der Waals surface area contributed by atoms with Gasteiger partial charge in [0.25, 0.3) is 0 Å². The maximum Gasteiger partial charge on any atom is 0.469 e. The second kappa shape index (κ2) is 18.2. The predicted molar refractivity (Wildman–Crippen MR) is 121 cm³/mol. The summed E-state index contributed by atoms with van der Waals surface area (Å²) in [4.78, 5) is 17.6. The number of phosphoric ester groups is 1. The van der Waals surface area contributed by atoms with E-state index in [9.17, 15) is 4.57 Å². The maximum absolute atomic E-state index is 10.8. The molecule has 0 aliphatic rings. The van der Waals surface area contributed by atoms with Crippen LogP contribution in [-0.4, -0.2) is 40.6 Å². The number of rotatable bonds is 21. The van der Waals surface area contributed by atoms with Crippen LogP contribution in [0.2, 0.25) is 0 Å². The predicted octanol–water partition coefficient (Wildman–Crippen LogP) is 6.72. The summed E-state index contributed by atoms with van der Waals surface area (Å²) in [5.74, 6) is 1.72. The lowest BCUT2D eigenvalue weighted by Gasteiger charge is -2.27. The van der Waals surface area contributed by atoms with Crippen molar-refractivity contribution in [1.29, 1.82) is 0 Å². The highest BCUT2D eigenvalue weighted by Gasteiger charge is 2.28. The molecule has 170 valence electrons. The molecule has 0 aliphatic heterocycles. The first-order chi connectivity index (χ1) is 13.3. The molecule has 0 saturated carbocycles. The topological polar surface area (TPSA) is 76.0 Å². The molecule has 5 nitrogen and oxygen atoms in total. The van der Waals surface area contributed by atoms with Crippen LogP contribution in [0.15, 0.2) is 0 Å². The third-order valence-electron chi connectivity index (χ3n) is 5.08. The number of ether oxygens (including phenoxy) is 1. The Balaban J connectivity index is 3.39. The summed E-state index contributed by atoms with van der Waals surface area (Å²) >= 11 is 1.76. The Bertz CT molecular complexity index is 391. The third-order valence-corrected chi connectivity index (χ3v) is 6.94. The summed E-state index contributed by atoms with van der Waals surface area (Å²) in [5.41, 5.74) is -0.665. The lowest BCUT2D eigenvalue weighted by Crippen LogP contribution is -2.35. The van der Waals surface area contributed by atoms with Crippen LogP contribution in [0.4, 0.5) is 0 Å². The molecule has 0 spiro atoms. The van der Waals surface area contributed by atoms with E-state index in [0.29, 0.717) is 5.75 Å². The molecule has 7 heteroatoms. The Morgan fingerprint density at radius 2 is 1.25 bits per heavy atom. The molecule has 1 atom stereocenters. The second-order valence-electron chi connectivity index (χ2n) is 8.07. The van der Waals surface area contributed by atoms with Crippen LogP contribution >= 0.6 is 19.6 Å². The van der Waals surface area contributed by atoms with E-state index in [1.54, 1.807) is 18.9 Å². The number of methoxy groups -OCH3 is 1. The zero-order chi connectivity index (χ0) is 21.1. The Kier molecular flexibility index (Phi) is 18.5. The monoisotopic (exact) mass is 440 g/mol. The van der Waals surface area contributed by atoms with Gasteiger partial charge in [0.1, 0.15) is 0 Å². The zero-order valence-corrected chi connectivity index (χ0v) is 20.2. The van der Waals surface area contributed by atoms with Crippen molar-refractivity contribution in [2.45, 2.75) is 109 Å². The fraction of sp³-hybridized carbons (Fsp3) is 1.00. The lowest BCUT2D eigenvalue weighted by atomic mass is 10.0. The molecular weight excluding hydrogens is 395 g/mol. The number of hydrogen-bond donors (Lipinski definition) is 2. The fourth-order valence-electron chi connectivity index (χ4n) is 3.07. The van der Waals surface area contributed by atoms with Gasteiger partial charge in [-0.25, -0.2) is 4.57 Å². The molecule has 0 radical (unpaired) electrons. The molecule has 0 aromatic carbocycles. The minimum absolute atomic E-state index is 0.0977. The molecule has 0 fully saturated rings. The highest BCUT2D eigenvalue weighted by atomic mass is 32.2. The Morgan fingerprint density at radius 3 is 1.64 bits per heavy atom. The molecule has 1 unspecified atom stereocenters. The molecule has 0 aromatic heterocycles. The van der Waals surface area contributed by atoms with Gasteiger partial charge < -0.3 is 14.5 Å². The van der Waals surface area contributed by atoms with Crippen molar-refractivity contribution in [3.8, 4) is 0 Å². The fourth-order valence-corrected chi connectivity index (χ4v) is 4.69. The summed E-state index contributed by atoms with van der Waals surface area (Å²) in [6.07, 6.45) is 19.1. The van der Waals surface area contributed by atoms with E-state index in [1.165, 1.54) is 89.9 Å². The highest BCUT2D eigenvalue weighted by molar-refractivity contribution is 7.99. The van der Waals surface area contributed by atoms with Crippen molar-refractivity contribution < 1.29 is 23.6 Å². The van der Waals surface area contributed by atoms with Gasteiger partial charge in [-0.1, -0.05) is 90.4 Å². The molecule has 0 amide bonds. The van der Waals surface area contributed by atoms with Crippen molar-refractivity contribution in [3.63, 3.8) is 0 Å². The van der Waals surface area contributed by atoms with E-state index >= 15 is 0 Å². The molecule has 0 saturated heterocycles. The van der Waals surface area contributed by atoms with Crippen LogP contribution in [0.1, 0.15) is 104 Å². The van der Waals surface area contributed by atoms with Crippen molar-refractivity contribution in [2.24, 2.45) is 0 Å². The molecule has 2 N–H and O–H groups in total. The SMILES string of the molecule is CCCCCCCCCCCCCCCCSCC(C)(COP(=O)(O)O)OC. The van der Waals surface area contributed by atoms with Crippen molar-refractivity contribution >= 4 is 19.6 Å². The number of thioether (sulfide) groups is 1. The first kappa shape index (κ1) is 28.4. The number of phosphoric acid groups is 1. The molecule has 0 aromatic rings. The van der Waals surface area contributed by atoms with Crippen molar-refractivity contribution in [2.75, 3.05) is 25.2 Å². The number of unbranched alkanes of at least 4 members (excludes halogenated alkanes) is 13. The summed E-state index contributed by atoms with van der Waals surface area (Å²) in [6.45, 7) is 3.99. The quantitative estimate of drug-likeness (QED) is 0.152. The average molecular weight is 441 g/mol. The molecule has 0 heterocycles. The average Bonchev–Trinajstić information content (AvgIpc) is 2.65. The summed E-state index contributed by atoms with van der Waals surface area (Å²) in [5, 5.41) is 0. The first-order valence-corrected chi connectivity index (χ1v) is 13.8. The smallest absolute Gasteiger partial charge is 0.375 e. The first-order valence-electron chi connectivity index (χ1n) is 11.2. The molecule has 28 heavy (non-hydrogen) atoms. The standard InChI is InChI=1S/C21H45O5PS/c1-4-5-6-7-8-9-10-11-12-13-14-15-16-17-18-28-20-21(2,25-3)19-26-27(22,23)24/h4-20H2,1-3H3,(H2,22,23,24). The van der Waals surface area contributed by atoms with Gasteiger partial charge in [-0.2, -0.15) is 11.8 Å². The lowest BCUT2D eigenvalue weighted by molar-refractivity contribution is -0.0185. The van der Waals surface area contributed by atoms with Gasteiger partial charge in [-0.05, 0) is 19.1 Å². The van der Waals surface area contributed by atoms with Crippen LogP contribution in [0.3, 0.4) is 0 Å². The van der Waals surface area contributed by atoms with Crippen LogP contribution in [-0.2, 0) is 13.8 Å². The third kappa shape index (κ3) is 19.7. The molecule has 0 rings (SSSR count). The summed E-state index contributed by atoms with van der Waals surface area (Å²) in [7, 11) is -2.89. The Hall–Kier alpha value is 0.420. The van der Waals surface area contributed by atoms with Gasteiger partial charge >= 0.3 is 7.82 Å². The van der Waals surface area contributed by atoms with Gasteiger partial charge in [-0.15, -0.1) is 0 Å². The minimum atomic E-state index is -4.44. The van der Waals surface area contributed by atoms with E-state index in [-0.39, 0.29) is 6.61 Å². The minimum Gasteiger partial charge on any atom is -0.375 e. The summed E-state index contributed by atoms with van der Waals surface area (Å²) < 4.78 is 20.8. The molecule has 0 aliphatic carbocycles. The van der Waals surface area contributed by atoms with Crippen LogP contribution in [0.25, 0.3) is 0 Å². The largest absolute Gasteiger partial charge is 0.469 e. The van der Waals surface area contributed by atoms with Crippen LogP contribution in [0, 0.1) is 0 Å². The van der Waals surface area contributed by atoms with Crippen LogP contribution < -0.4 is 0 Å². The normalized spacial score (nSPS) is 14.3. The maximum atomic E-state index is 10.8. The molecule has 0 bridgehead atoms. The van der Waals surface area contributed by atoms with E-state index in [0.717, 1.165) is 5.75 Å². The van der Waals surface area contributed by atoms with Gasteiger partial charge in [0.05, 0.1) is 12.2 Å². The number of hydrogen-bond acceptors (Lipinski definition) is 4. The Labute approximate surface area is 178 Å². The highest BCUT2D eigenvalue weighted by Crippen LogP contribution is 2.37. The second-order valence-corrected chi connectivity index (χ2v) is 10.4. The van der Waals surface area contributed by atoms with Gasteiger partial charge in [0, 0.05) is 12.9 Å². The van der Waals surface area contributed by atoms with Crippen molar-refractivity contribution in [1.82, 2.24) is 0 Å². The van der Waals surface area contributed by atoms with Gasteiger partial charge in [0.2, 0.25) is 0 Å². The van der Waals surface area contributed by atoms with E-state index in [1.807, 2.05) is 6.92 Å². The van der Waals surface area contributed by atoms with Crippen LogP contribution in [0.5, 0.6) is 0 Å². The van der Waals surface area contributed by atoms with E-state index in [4.69, 9.17) is 14.5 Å². The zero-order valence-electron chi connectivity index (χ0n) is 18.5. The molecular formula is C21H45O5PS. The van der Waals surface area contributed by atoms with Crippen molar-refractivity contribution in [3.05, 3.63) is 0 Å². The summed E-state index contributed by atoms with van der Waals surface area (Å²) in [6, 6.07) is 0.